The Balaban J connectivity index is 2.06. The van der Waals surface area contributed by atoms with E-state index in [1.807, 2.05) is 25.1 Å². The summed E-state index contributed by atoms with van der Waals surface area (Å²) >= 11 is 6.14. The molecule has 1 saturated heterocycles. The van der Waals surface area contributed by atoms with Crippen LogP contribution in [-0.4, -0.2) is 57.3 Å². The summed E-state index contributed by atoms with van der Waals surface area (Å²) in [4.78, 5) is 2.16. The lowest BCUT2D eigenvalue weighted by Crippen LogP contribution is -2.51. The molecule has 0 amide bonds. The highest BCUT2D eigenvalue weighted by molar-refractivity contribution is 7.86. The molecule has 1 fully saturated rings. The zero-order valence-electron chi connectivity index (χ0n) is 12.0. The summed E-state index contributed by atoms with van der Waals surface area (Å²) in [7, 11) is -0.193. The smallest absolute Gasteiger partial charge is 0.281 e. The van der Waals surface area contributed by atoms with Gasteiger partial charge in [0.25, 0.3) is 10.2 Å². The van der Waals surface area contributed by atoms with Gasteiger partial charge in [0.2, 0.25) is 0 Å². The van der Waals surface area contributed by atoms with Gasteiger partial charge in [0.15, 0.2) is 0 Å². The molecular formula is C13H20ClN3O2S. The molecular weight excluding hydrogens is 298 g/mol. The van der Waals surface area contributed by atoms with Crippen LogP contribution in [0, 0.1) is 6.92 Å². The van der Waals surface area contributed by atoms with Crippen molar-refractivity contribution >= 4 is 27.5 Å². The van der Waals surface area contributed by atoms with Crippen LogP contribution in [0.5, 0.6) is 0 Å². The van der Waals surface area contributed by atoms with E-state index in [1.54, 1.807) is 14.1 Å². The van der Waals surface area contributed by atoms with Gasteiger partial charge in [-0.2, -0.15) is 17.0 Å². The van der Waals surface area contributed by atoms with Gasteiger partial charge in [-0.25, -0.2) is 0 Å². The van der Waals surface area contributed by atoms with E-state index in [-0.39, 0.29) is 0 Å². The minimum Gasteiger partial charge on any atom is -0.369 e. The summed E-state index contributed by atoms with van der Waals surface area (Å²) in [5, 5.41) is 0.742. The highest BCUT2D eigenvalue weighted by atomic mass is 35.5. The number of nitrogens with zero attached hydrogens (tertiary/aromatic N) is 3. The molecule has 1 aromatic rings. The second kappa shape index (κ2) is 5.89. The van der Waals surface area contributed by atoms with Crippen LogP contribution in [0.15, 0.2) is 18.2 Å². The molecule has 1 heterocycles. The molecule has 5 nitrogen and oxygen atoms in total. The van der Waals surface area contributed by atoms with Crippen LogP contribution < -0.4 is 4.90 Å². The Morgan fingerprint density at radius 1 is 1.15 bits per heavy atom. The van der Waals surface area contributed by atoms with Gasteiger partial charge in [0, 0.05) is 51.0 Å². The second-order valence-corrected chi connectivity index (χ2v) is 7.66. The van der Waals surface area contributed by atoms with Gasteiger partial charge in [-0.1, -0.05) is 17.7 Å². The minimum absolute atomic E-state index is 0.492. The molecule has 0 spiro atoms. The third kappa shape index (κ3) is 3.09. The van der Waals surface area contributed by atoms with Crippen molar-refractivity contribution in [3.8, 4) is 0 Å². The normalized spacial score (nSPS) is 17.8. The van der Waals surface area contributed by atoms with E-state index in [2.05, 4.69) is 4.90 Å². The molecule has 0 bridgehead atoms. The maximum absolute atomic E-state index is 12.0. The van der Waals surface area contributed by atoms with Gasteiger partial charge in [-0.05, 0) is 24.6 Å². The quantitative estimate of drug-likeness (QED) is 0.850. The monoisotopic (exact) mass is 317 g/mol. The van der Waals surface area contributed by atoms with Crippen LogP contribution in [-0.2, 0) is 10.2 Å². The fourth-order valence-corrected chi connectivity index (χ4v) is 3.45. The lowest BCUT2D eigenvalue weighted by atomic mass is 10.2. The molecule has 112 valence electrons. The summed E-state index contributed by atoms with van der Waals surface area (Å²) in [5.74, 6) is 0. The second-order valence-electron chi connectivity index (χ2n) is 5.11. The van der Waals surface area contributed by atoms with Gasteiger partial charge in [0.05, 0.1) is 0 Å². The molecule has 1 aliphatic heterocycles. The van der Waals surface area contributed by atoms with Crippen molar-refractivity contribution < 1.29 is 8.42 Å². The number of aryl methyl sites for hydroxylation is 1. The first kappa shape index (κ1) is 15.6. The third-order valence-electron chi connectivity index (χ3n) is 3.55. The van der Waals surface area contributed by atoms with E-state index < -0.39 is 10.2 Å². The average Bonchev–Trinajstić information content (AvgIpc) is 2.42. The van der Waals surface area contributed by atoms with Crippen molar-refractivity contribution in [2.45, 2.75) is 6.92 Å². The molecule has 1 aliphatic rings. The van der Waals surface area contributed by atoms with E-state index in [0.29, 0.717) is 26.2 Å². The highest BCUT2D eigenvalue weighted by Gasteiger charge is 2.28. The SMILES string of the molecule is Cc1ccc(N2CCN(S(=O)(=O)N(C)C)CC2)cc1Cl. The molecule has 0 saturated carbocycles. The van der Waals surface area contributed by atoms with E-state index in [9.17, 15) is 8.42 Å². The number of halogens is 1. The Morgan fingerprint density at radius 3 is 2.25 bits per heavy atom. The number of piperazine rings is 1. The summed E-state index contributed by atoms with van der Waals surface area (Å²) in [6, 6.07) is 5.95. The molecule has 0 aromatic heterocycles. The Morgan fingerprint density at radius 2 is 1.75 bits per heavy atom. The van der Waals surface area contributed by atoms with Crippen molar-refractivity contribution in [2.75, 3.05) is 45.2 Å². The molecule has 0 aliphatic carbocycles. The Kier molecular flexibility index (Phi) is 4.59. The topological polar surface area (TPSA) is 43.9 Å². The number of hydrogen-bond donors (Lipinski definition) is 0. The maximum atomic E-state index is 12.0. The van der Waals surface area contributed by atoms with E-state index in [0.717, 1.165) is 16.3 Å². The van der Waals surface area contributed by atoms with E-state index >= 15 is 0 Å². The van der Waals surface area contributed by atoms with E-state index in [1.165, 1.54) is 8.61 Å². The molecule has 20 heavy (non-hydrogen) atoms. The van der Waals surface area contributed by atoms with Crippen molar-refractivity contribution in [1.82, 2.24) is 8.61 Å². The zero-order valence-corrected chi connectivity index (χ0v) is 13.6. The van der Waals surface area contributed by atoms with Gasteiger partial charge in [-0.15, -0.1) is 0 Å². The number of benzene rings is 1. The predicted octanol–water partition coefficient (Wildman–Crippen LogP) is 1.58. The summed E-state index contributed by atoms with van der Waals surface area (Å²) in [6.07, 6.45) is 0. The molecule has 0 unspecified atom stereocenters. The number of hydrogen-bond acceptors (Lipinski definition) is 3. The van der Waals surface area contributed by atoms with Crippen LogP contribution in [0.2, 0.25) is 5.02 Å². The first-order valence-electron chi connectivity index (χ1n) is 6.51. The predicted molar refractivity (Wildman–Crippen MR) is 82.6 cm³/mol. The van der Waals surface area contributed by atoms with E-state index in [4.69, 9.17) is 11.6 Å². The lowest BCUT2D eigenvalue weighted by molar-refractivity contribution is 0.355. The summed E-state index contributed by atoms with van der Waals surface area (Å²) < 4.78 is 26.8. The molecule has 0 N–H and O–H groups in total. The van der Waals surface area contributed by atoms with Crippen molar-refractivity contribution in [2.24, 2.45) is 0 Å². The molecule has 0 atom stereocenters. The molecule has 2 rings (SSSR count). The summed E-state index contributed by atoms with van der Waals surface area (Å²) in [5.41, 5.74) is 2.09. The van der Waals surface area contributed by atoms with Crippen LogP contribution in [0.4, 0.5) is 5.69 Å². The number of anilines is 1. The Labute approximate surface area is 125 Å². The van der Waals surface area contributed by atoms with Crippen LogP contribution >= 0.6 is 11.6 Å². The van der Waals surface area contributed by atoms with Crippen molar-refractivity contribution in [3.63, 3.8) is 0 Å². The standard InChI is InChI=1S/C13H20ClN3O2S/c1-11-4-5-12(10-13(11)14)16-6-8-17(9-7-16)20(18,19)15(2)3/h4-5,10H,6-9H2,1-3H3. The molecule has 1 aromatic carbocycles. The highest BCUT2D eigenvalue weighted by Crippen LogP contribution is 2.24. The van der Waals surface area contributed by atoms with Gasteiger partial charge < -0.3 is 4.90 Å². The minimum atomic E-state index is -3.31. The molecule has 0 radical (unpaired) electrons. The third-order valence-corrected chi connectivity index (χ3v) is 5.89. The van der Waals surface area contributed by atoms with Gasteiger partial charge >= 0.3 is 0 Å². The average molecular weight is 318 g/mol. The van der Waals surface area contributed by atoms with Crippen molar-refractivity contribution in [1.29, 1.82) is 0 Å². The fourth-order valence-electron chi connectivity index (χ4n) is 2.19. The van der Waals surface area contributed by atoms with Crippen LogP contribution in [0.25, 0.3) is 0 Å². The Bertz CT molecular complexity index is 581. The molecule has 7 heteroatoms. The number of rotatable bonds is 3. The van der Waals surface area contributed by atoms with Crippen LogP contribution in [0.1, 0.15) is 5.56 Å². The first-order chi connectivity index (χ1) is 9.32. The maximum Gasteiger partial charge on any atom is 0.281 e. The van der Waals surface area contributed by atoms with Crippen molar-refractivity contribution in [3.05, 3.63) is 28.8 Å². The van der Waals surface area contributed by atoms with Gasteiger partial charge in [-0.3, -0.25) is 0 Å². The fraction of sp³-hybridized carbons (Fsp3) is 0.538. The lowest BCUT2D eigenvalue weighted by Gasteiger charge is -2.36. The van der Waals surface area contributed by atoms with Gasteiger partial charge in [0.1, 0.15) is 0 Å². The Hall–Kier alpha value is -0.820. The summed E-state index contributed by atoms with van der Waals surface area (Å²) in [6.45, 7) is 4.30. The largest absolute Gasteiger partial charge is 0.369 e. The van der Waals surface area contributed by atoms with Crippen LogP contribution in [0.3, 0.4) is 0 Å². The first-order valence-corrected chi connectivity index (χ1v) is 8.28. The zero-order chi connectivity index (χ0) is 14.9.